The Bertz CT molecular complexity index is 1070. The number of nitrogens with zero attached hydrogens (tertiary/aromatic N) is 1. The number of nitrogens with one attached hydrogen (secondary N) is 1. The first-order valence-electron chi connectivity index (χ1n) is 14.9. The minimum atomic E-state index is 0.364. The summed E-state index contributed by atoms with van der Waals surface area (Å²) in [7, 11) is 0. The van der Waals surface area contributed by atoms with Crippen LogP contribution in [-0.2, 0) is 4.74 Å². The van der Waals surface area contributed by atoms with E-state index in [4.69, 9.17) is 10.1 Å². The lowest BCUT2D eigenvalue weighted by molar-refractivity contribution is 0.127. The lowest BCUT2D eigenvalue weighted by Gasteiger charge is -2.39. The fourth-order valence-corrected chi connectivity index (χ4v) is 7.44. The number of fused-ring (bicyclic) bond motifs is 1. The Morgan fingerprint density at radius 2 is 2.11 bits per heavy atom. The SMILES string of the molecule is CC#CC1=C(C2CCC(CC(=N)C3=CN=CCC3)CC(C)C2)C(C)=C(C(C)CCCC)C2COCC=C12. The van der Waals surface area contributed by atoms with E-state index in [9.17, 15) is 0 Å². The van der Waals surface area contributed by atoms with E-state index in [-0.39, 0.29) is 0 Å². The Morgan fingerprint density at radius 1 is 1.27 bits per heavy atom. The largest absolute Gasteiger partial charge is 0.376 e. The summed E-state index contributed by atoms with van der Waals surface area (Å²) in [4.78, 5) is 4.32. The molecule has 2 heterocycles. The predicted octanol–water partition coefficient (Wildman–Crippen LogP) is 8.64. The van der Waals surface area contributed by atoms with E-state index in [2.05, 4.69) is 50.6 Å². The van der Waals surface area contributed by atoms with E-state index in [1.54, 1.807) is 11.1 Å². The monoisotopic (exact) mass is 500 g/mol. The molecule has 1 N–H and O–H groups in total. The van der Waals surface area contributed by atoms with Crippen molar-refractivity contribution in [3.63, 3.8) is 0 Å². The van der Waals surface area contributed by atoms with Crippen molar-refractivity contribution in [1.29, 1.82) is 5.41 Å². The number of allylic oxidation sites excluding steroid dienone is 4. The fourth-order valence-electron chi connectivity index (χ4n) is 7.44. The Hall–Kier alpha value is -2.18. The summed E-state index contributed by atoms with van der Waals surface area (Å²) in [6.45, 7) is 13.1. The lowest BCUT2D eigenvalue weighted by atomic mass is 9.67. The van der Waals surface area contributed by atoms with Crippen molar-refractivity contribution in [2.24, 2.45) is 34.6 Å². The van der Waals surface area contributed by atoms with Crippen molar-refractivity contribution in [3.05, 3.63) is 45.7 Å². The van der Waals surface area contributed by atoms with Crippen LogP contribution in [0.5, 0.6) is 0 Å². The Morgan fingerprint density at radius 3 is 2.84 bits per heavy atom. The molecule has 5 atom stereocenters. The van der Waals surface area contributed by atoms with Gasteiger partial charge in [0.25, 0.3) is 0 Å². The van der Waals surface area contributed by atoms with E-state index in [1.165, 1.54) is 61.7 Å². The van der Waals surface area contributed by atoms with Gasteiger partial charge in [-0.15, -0.1) is 5.92 Å². The van der Waals surface area contributed by atoms with Crippen LogP contribution in [0.15, 0.2) is 50.7 Å². The molecule has 3 heteroatoms. The Kier molecular flexibility index (Phi) is 9.83. The van der Waals surface area contributed by atoms with Crippen molar-refractivity contribution >= 4 is 11.9 Å². The Labute approximate surface area is 226 Å². The highest BCUT2D eigenvalue weighted by atomic mass is 16.5. The second kappa shape index (κ2) is 13.1. The highest BCUT2D eigenvalue weighted by Gasteiger charge is 2.38. The highest BCUT2D eigenvalue weighted by molar-refractivity contribution is 5.98. The molecule has 2 aliphatic heterocycles. The Balaban J connectivity index is 1.64. The summed E-state index contributed by atoms with van der Waals surface area (Å²) in [6.07, 6.45) is 17.7. The summed E-state index contributed by atoms with van der Waals surface area (Å²) in [6, 6.07) is 0. The van der Waals surface area contributed by atoms with Crippen LogP contribution in [0.1, 0.15) is 98.8 Å². The summed E-state index contributed by atoms with van der Waals surface area (Å²) < 4.78 is 6.00. The van der Waals surface area contributed by atoms with Gasteiger partial charge in [-0.1, -0.05) is 51.2 Å². The summed E-state index contributed by atoms with van der Waals surface area (Å²) >= 11 is 0. The van der Waals surface area contributed by atoms with Crippen molar-refractivity contribution in [3.8, 4) is 11.8 Å². The highest BCUT2D eigenvalue weighted by Crippen LogP contribution is 2.49. The standard InChI is InChI=1S/C34H48N2O/c1-6-8-11-24(4)33-25(5)34(30(10-7-2)29-15-17-37-22-31(29)33)27-14-13-26(18-23(3)19-27)20-32(35)28-12-9-16-36-21-28/h15-16,21,23-24,26-27,31,35H,6,8-9,11-14,17-20,22H2,1-5H3. The van der Waals surface area contributed by atoms with Crippen molar-refractivity contribution in [1.82, 2.24) is 0 Å². The third-order valence-corrected chi connectivity index (χ3v) is 9.14. The summed E-state index contributed by atoms with van der Waals surface area (Å²) in [5.74, 6) is 9.61. The van der Waals surface area contributed by atoms with Crippen LogP contribution in [0.25, 0.3) is 0 Å². The van der Waals surface area contributed by atoms with E-state index in [0.29, 0.717) is 36.2 Å². The van der Waals surface area contributed by atoms with Gasteiger partial charge in [0.1, 0.15) is 0 Å². The molecule has 4 rings (SSSR count). The maximum absolute atomic E-state index is 8.76. The zero-order valence-corrected chi connectivity index (χ0v) is 24.0. The molecule has 1 saturated carbocycles. The molecule has 2 aliphatic carbocycles. The molecule has 37 heavy (non-hydrogen) atoms. The molecule has 0 bridgehead atoms. The van der Waals surface area contributed by atoms with Gasteiger partial charge in [-0.2, -0.15) is 0 Å². The molecule has 0 radical (unpaired) electrons. The van der Waals surface area contributed by atoms with Crippen LogP contribution < -0.4 is 0 Å². The van der Waals surface area contributed by atoms with Crippen molar-refractivity contribution in [2.45, 2.75) is 98.8 Å². The van der Waals surface area contributed by atoms with E-state index < -0.39 is 0 Å². The fraction of sp³-hybridized carbons (Fsp3) is 0.647. The topological polar surface area (TPSA) is 45.4 Å². The number of hydrogen-bond acceptors (Lipinski definition) is 3. The minimum absolute atomic E-state index is 0.364. The maximum atomic E-state index is 8.76. The van der Waals surface area contributed by atoms with Gasteiger partial charge in [-0.25, -0.2) is 0 Å². The number of hydrogen-bond donors (Lipinski definition) is 1. The van der Waals surface area contributed by atoms with Gasteiger partial charge in [0.15, 0.2) is 0 Å². The zero-order chi connectivity index (χ0) is 26.4. The van der Waals surface area contributed by atoms with Crippen molar-refractivity contribution < 1.29 is 4.74 Å². The van der Waals surface area contributed by atoms with Gasteiger partial charge in [0.2, 0.25) is 0 Å². The average molecular weight is 501 g/mol. The molecule has 3 nitrogen and oxygen atoms in total. The van der Waals surface area contributed by atoms with Gasteiger partial charge >= 0.3 is 0 Å². The molecular formula is C34H48N2O. The van der Waals surface area contributed by atoms with Crippen LogP contribution in [-0.4, -0.2) is 25.1 Å². The van der Waals surface area contributed by atoms with Crippen LogP contribution in [0.4, 0.5) is 0 Å². The molecule has 0 amide bonds. The number of aliphatic imine (C=N–C) groups is 1. The molecule has 0 aromatic carbocycles. The van der Waals surface area contributed by atoms with E-state index >= 15 is 0 Å². The lowest BCUT2D eigenvalue weighted by Crippen LogP contribution is -2.30. The van der Waals surface area contributed by atoms with Crippen LogP contribution >= 0.6 is 0 Å². The molecule has 0 spiro atoms. The number of rotatable bonds is 8. The molecule has 5 unspecified atom stereocenters. The normalized spacial score (nSPS) is 29.0. The average Bonchev–Trinajstić information content (AvgIpc) is 3.08. The van der Waals surface area contributed by atoms with Crippen LogP contribution in [0.3, 0.4) is 0 Å². The zero-order valence-electron chi connectivity index (χ0n) is 24.0. The molecule has 200 valence electrons. The number of unbranched alkanes of at least 4 members (excludes halogenated alkanes) is 1. The third-order valence-electron chi connectivity index (χ3n) is 9.14. The quantitative estimate of drug-likeness (QED) is 0.202. The van der Waals surface area contributed by atoms with E-state index in [1.807, 2.05) is 19.3 Å². The van der Waals surface area contributed by atoms with Gasteiger partial charge in [-0.3, -0.25) is 4.99 Å². The first-order valence-corrected chi connectivity index (χ1v) is 14.9. The molecular weight excluding hydrogens is 452 g/mol. The van der Waals surface area contributed by atoms with E-state index in [0.717, 1.165) is 37.2 Å². The van der Waals surface area contributed by atoms with Crippen molar-refractivity contribution in [2.75, 3.05) is 13.2 Å². The van der Waals surface area contributed by atoms with Crippen LogP contribution in [0.2, 0.25) is 0 Å². The molecule has 0 saturated heterocycles. The predicted molar refractivity (Wildman–Crippen MR) is 157 cm³/mol. The first-order chi connectivity index (χ1) is 17.9. The minimum Gasteiger partial charge on any atom is -0.376 e. The van der Waals surface area contributed by atoms with Gasteiger partial charge < -0.3 is 10.1 Å². The third kappa shape index (κ3) is 6.46. The smallest absolute Gasteiger partial charge is 0.0654 e. The summed E-state index contributed by atoms with van der Waals surface area (Å²) in [5, 5.41) is 8.76. The summed E-state index contributed by atoms with van der Waals surface area (Å²) in [5.41, 5.74) is 9.41. The first kappa shape index (κ1) is 27.8. The van der Waals surface area contributed by atoms with Gasteiger partial charge in [-0.05, 0) is 111 Å². The maximum Gasteiger partial charge on any atom is 0.0654 e. The van der Waals surface area contributed by atoms with Gasteiger partial charge in [0, 0.05) is 29.6 Å². The molecule has 0 aromatic heterocycles. The number of ether oxygens (including phenoxy) is 1. The molecule has 0 aromatic rings. The second-order valence-electron chi connectivity index (χ2n) is 12.0. The second-order valence-corrected chi connectivity index (χ2v) is 12.0. The van der Waals surface area contributed by atoms with Gasteiger partial charge in [0.05, 0.1) is 13.2 Å². The molecule has 1 fully saturated rings. The van der Waals surface area contributed by atoms with Crippen LogP contribution in [0, 0.1) is 46.8 Å². The molecule has 4 aliphatic rings.